The molecule has 0 saturated carbocycles. The molecule has 31 heavy (non-hydrogen) atoms. The molecule has 8 nitrogen and oxygen atoms in total. The molecule has 4 rings (SSSR count). The molecule has 0 aliphatic heterocycles. The van der Waals surface area contributed by atoms with Crippen molar-refractivity contribution in [2.24, 2.45) is 5.73 Å². The summed E-state index contributed by atoms with van der Waals surface area (Å²) in [6.45, 7) is 4.21. The summed E-state index contributed by atoms with van der Waals surface area (Å²) in [5, 5.41) is 19.9. The van der Waals surface area contributed by atoms with E-state index < -0.39 is 0 Å². The Morgan fingerprint density at radius 2 is 1.90 bits per heavy atom. The first-order valence-electron chi connectivity index (χ1n) is 9.83. The summed E-state index contributed by atoms with van der Waals surface area (Å²) in [5.41, 5.74) is 10.6. The number of hydrogen-bond acceptors (Lipinski definition) is 8. The average Bonchev–Trinajstić information content (AvgIpc) is 2.80. The van der Waals surface area contributed by atoms with Gasteiger partial charge in [-0.2, -0.15) is 5.10 Å². The smallest absolute Gasteiger partial charge is 0.154 e. The molecule has 8 heteroatoms. The Labute approximate surface area is 179 Å². The molecule has 4 N–H and O–H groups in total. The van der Waals surface area contributed by atoms with Crippen LogP contribution in [-0.2, 0) is 0 Å². The van der Waals surface area contributed by atoms with E-state index in [2.05, 4.69) is 44.3 Å². The molecular weight excluding hydrogens is 388 g/mol. The fourth-order valence-corrected chi connectivity index (χ4v) is 3.10. The van der Waals surface area contributed by atoms with Gasteiger partial charge in [-0.1, -0.05) is 13.8 Å². The number of allylic oxidation sites excluding steroid dienone is 1. The van der Waals surface area contributed by atoms with Crippen LogP contribution in [0.3, 0.4) is 0 Å². The summed E-state index contributed by atoms with van der Waals surface area (Å²) in [6, 6.07) is 11.2. The second kappa shape index (κ2) is 8.66. The van der Waals surface area contributed by atoms with Crippen LogP contribution >= 0.6 is 0 Å². The van der Waals surface area contributed by atoms with Crippen LogP contribution in [0.2, 0.25) is 0 Å². The van der Waals surface area contributed by atoms with Crippen LogP contribution in [0.4, 0.5) is 11.6 Å². The molecule has 0 aliphatic rings. The van der Waals surface area contributed by atoms with Crippen LogP contribution in [0.25, 0.3) is 16.6 Å². The van der Waals surface area contributed by atoms with Gasteiger partial charge in [0.25, 0.3) is 0 Å². The second-order valence-electron chi connectivity index (χ2n) is 7.31. The van der Waals surface area contributed by atoms with Gasteiger partial charge < -0.3 is 11.1 Å². The highest BCUT2D eigenvalue weighted by atomic mass is 15.2. The molecule has 4 heterocycles. The largest absolute Gasteiger partial charge is 0.404 e. The van der Waals surface area contributed by atoms with Crippen LogP contribution < -0.4 is 11.1 Å². The minimum atomic E-state index is 0.270. The van der Waals surface area contributed by atoms with Crippen LogP contribution in [0, 0.1) is 5.41 Å². The molecule has 0 aliphatic carbocycles. The summed E-state index contributed by atoms with van der Waals surface area (Å²) < 4.78 is 0. The highest BCUT2D eigenvalue weighted by Gasteiger charge is 2.13. The van der Waals surface area contributed by atoms with Crippen LogP contribution in [-0.4, -0.2) is 30.9 Å². The quantitative estimate of drug-likeness (QED) is 0.409. The maximum absolute atomic E-state index is 8.51. The summed E-state index contributed by atoms with van der Waals surface area (Å²) in [4.78, 5) is 13.2. The van der Waals surface area contributed by atoms with Crippen LogP contribution in [0.5, 0.6) is 0 Å². The summed E-state index contributed by atoms with van der Waals surface area (Å²) in [6.07, 6.45) is 8.16. The van der Waals surface area contributed by atoms with Gasteiger partial charge >= 0.3 is 0 Å². The van der Waals surface area contributed by atoms with Gasteiger partial charge in [0, 0.05) is 41.5 Å². The number of fused-ring (bicyclic) bond motifs is 1. The van der Waals surface area contributed by atoms with Gasteiger partial charge in [-0.25, -0.2) is 4.98 Å². The lowest BCUT2D eigenvalue weighted by Gasteiger charge is -2.11. The van der Waals surface area contributed by atoms with E-state index in [1.807, 2.05) is 30.3 Å². The van der Waals surface area contributed by atoms with Gasteiger partial charge in [-0.05, 0) is 47.9 Å². The first-order chi connectivity index (χ1) is 15.0. The number of rotatable bonds is 6. The molecular formula is C23H22N8. The monoisotopic (exact) mass is 410 g/mol. The SMILES string of the molecule is CC(C)c1cnnc(Nc2ccc3ncc(/C(=C/N)C(=N)c4cccnc4)cc3n2)c1. The van der Waals surface area contributed by atoms with Gasteiger partial charge in [0.05, 0.1) is 22.9 Å². The predicted molar refractivity (Wildman–Crippen MR) is 122 cm³/mol. The minimum Gasteiger partial charge on any atom is -0.404 e. The van der Waals surface area contributed by atoms with Gasteiger partial charge in [-0.15, -0.1) is 5.10 Å². The topological polar surface area (TPSA) is 126 Å². The second-order valence-corrected chi connectivity index (χ2v) is 7.31. The lowest BCUT2D eigenvalue weighted by molar-refractivity contribution is 0.843. The molecule has 4 aromatic rings. The van der Waals surface area contributed by atoms with Gasteiger partial charge in [-0.3, -0.25) is 15.4 Å². The lowest BCUT2D eigenvalue weighted by Crippen LogP contribution is -2.06. The Kier molecular flexibility index (Phi) is 5.61. The standard InChI is InChI=1S/C23H22N8/c1-14(2)16-9-22(31-28-13-16)30-21-6-5-19-20(29-21)8-17(12-27-19)18(10-24)23(25)15-4-3-7-26-11-15/h3-14,25H,24H2,1-2H3,(H,29,30,31)/b18-10-,25-23?. The zero-order valence-corrected chi connectivity index (χ0v) is 17.2. The van der Waals surface area contributed by atoms with E-state index in [9.17, 15) is 0 Å². The van der Waals surface area contributed by atoms with Crippen molar-refractivity contribution in [3.8, 4) is 0 Å². The Morgan fingerprint density at radius 1 is 1.03 bits per heavy atom. The van der Waals surface area contributed by atoms with E-state index in [1.54, 1.807) is 30.9 Å². The van der Waals surface area contributed by atoms with E-state index in [-0.39, 0.29) is 5.71 Å². The number of nitrogens with zero attached hydrogens (tertiary/aromatic N) is 5. The lowest BCUT2D eigenvalue weighted by atomic mass is 9.99. The van der Waals surface area contributed by atoms with Crippen LogP contribution in [0.15, 0.2) is 67.4 Å². The minimum absolute atomic E-state index is 0.270. The molecule has 0 bridgehead atoms. The molecule has 0 atom stereocenters. The first-order valence-corrected chi connectivity index (χ1v) is 9.83. The molecule has 0 amide bonds. The van der Waals surface area contributed by atoms with Crippen molar-refractivity contribution in [1.82, 2.24) is 25.1 Å². The number of aromatic nitrogens is 5. The van der Waals surface area contributed by atoms with Crippen molar-refractivity contribution < 1.29 is 0 Å². The molecule has 0 unspecified atom stereocenters. The Balaban J connectivity index is 1.65. The maximum atomic E-state index is 8.51. The third-order valence-corrected chi connectivity index (χ3v) is 4.83. The van der Waals surface area contributed by atoms with E-state index in [0.29, 0.717) is 39.8 Å². The Hall–Kier alpha value is -4.20. The van der Waals surface area contributed by atoms with E-state index in [0.717, 1.165) is 11.1 Å². The van der Waals surface area contributed by atoms with Crippen molar-refractivity contribution in [1.29, 1.82) is 5.41 Å². The normalized spacial score (nSPS) is 11.6. The van der Waals surface area contributed by atoms with Crippen molar-refractivity contribution in [2.45, 2.75) is 19.8 Å². The number of hydrogen-bond donors (Lipinski definition) is 3. The zero-order chi connectivity index (χ0) is 21.8. The molecule has 0 fully saturated rings. The number of pyridine rings is 3. The third kappa shape index (κ3) is 4.37. The summed E-state index contributed by atoms with van der Waals surface area (Å²) in [7, 11) is 0. The van der Waals surface area contributed by atoms with Gasteiger partial charge in [0.15, 0.2) is 5.82 Å². The first kappa shape index (κ1) is 20.1. The molecule has 0 aromatic carbocycles. The van der Waals surface area contributed by atoms with E-state index >= 15 is 0 Å². The fourth-order valence-electron chi connectivity index (χ4n) is 3.10. The fraction of sp³-hybridized carbons (Fsp3) is 0.130. The number of nitrogens with one attached hydrogen (secondary N) is 2. The summed E-state index contributed by atoms with van der Waals surface area (Å²) in [5.74, 6) is 1.61. The highest BCUT2D eigenvalue weighted by molar-refractivity contribution is 6.30. The zero-order valence-electron chi connectivity index (χ0n) is 17.2. The molecule has 0 saturated heterocycles. The van der Waals surface area contributed by atoms with E-state index in [1.165, 1.54) is 6.20 Å². The number of anilines is 2. The van der Waals surface area contributed by atoms with Gasteiger partial charge in [0.1, 0.15) is 5.82 Å². The molecule has 4 aromatic heterocycles. The Morgan fingerprint density at radius 3 is 2.65 bits per heavy atom. The van der Waals surface area contributed by atoms with Gasteiger partial charge in [0.2, 0.25) is 0 Å². The van der Waals surface area contributed by atoms with Crippen molar-refractivity contribution in [3.05, 3.63) is 84.1 Å². The highest BCUT2D eigenvalue weighted by Crippen LogP contribution is 2.23. The third-order valence-electron chi connectivity index (χ3n) is 4.83. The molecule has 154 valence electrons. The van der Waals surface area contributed by atoms with E-state index in [4.69, 9.17) is 11.1 Å². The maximum Gasteiger partial charge on any atom is 0.154 e. The van der Waals surface area contributed by atoms with Crippen molar-refractivity contribution in [2.75, 3.05) is 5.32 Å². The molecule has 0 spiro atoms. The average molecular weight is 410 g/mol. The van der Waals surface area contributed by atoms with Crippen molar-refractivity contribution in [3.63, 3.8) is 0 Å². The summed E-state index contributed by atoms with van der Waals surface area (Å²) >= 11 is 0. The molecule has 0 radical (unpaired) electrons. The number of nitrogens with two attached hydrogens (primary N) is 1. The van der Waals surface area contributed by atoms with Crippen LogP contribution in [0.1, 0.15) is 36.5 Å². The Bertz CT molecular complexity index is 1270. The predicted octanol–water partition coefficient (Wildman–Crippen LogP) is 4.05. The van der Waals surface area contributed by atoms with Crippen molar-refractivity contribution >= 4 is 34.0 Å².